The van der Waals surface area contributed by atoms with Crippen LogP contribution < -0.4 is 16.2 Å². The summed E-state index contributed by atoms with van der Waals surface area (Å²) in [5, 5.41) is 9.09. The zero-order valence-electron chi connectivity index (χ0n) is 8.23. The van der Waals surface area contributed by atoms with E-state index in [1.54, 1.807) is 19.2 Å². The van der Waals surface area contributed by atoms with Crippen LogP contribution in [0.25, 0.3) is 0 Å². The first-order chi connectivity index (χ1) is 6.72. The highest BCUT2D eigenvalue weighted by atomic mass is 16.5. The molecule has 5 N–H and O–H groups in total. The molecule has 0 amide bonds. The van der Waals surface area contributed by atoms with Crippen LogP contribution in [0.5, 0.6) is 5.75 Å². The van der Waals surface area contributed by atoms with Crippen LogP contribution in [0.3, 0.4) is 0 Å². The van der Waals surface area contributed by atoms with E-state index in [-0.39, 0.29) is 12.6 Å². The van der Waals surface area contributed by atoms with E-state index in [1.807, 2.05) is 6.07 Å². The molecule has 0 aliphatic heterocycles. The average molecular weight is 196 g/mol. The Labute approximate surface area is 83.5 Å². The lowest BCUT2D eigenvalue weighted by atomic mass is 10.0. The van der Waals surface area contributed by atoms with Crippen LogP contribution in [0.2, 0.25) is 0 Å². The maximum atomic E-state index is 9.09. The Bertz CT molecular complexity index is 302. The van der Waals surface area contributed by atoms with Crippen molar-refractivity contribution >= 4 is 0 Å². The van der Waals surface area contributed by atoms with Gasteiger partial charge in [0, 0.05) is 12.6 Å². The highest BCUT2D eigenvalue weighted by Crippen LogP contribution is 2.21. The third kappa shape index (κ3) is 2.23. The number of methoxy groups -OCH3 is 1. The average Bonchev–Trinajstić information content (AvgIpc) is 2.27. The number of hydrogen-bond donors (Lipinski definition) is 3. The van der Waals surface area contributed by atoms with Gasteiger partial charge in [-0.1, -0.05) is 6.07 Å². The lowest BCUT2D eigenvalue weighted by Crippen LogP contribution is -2.22. The van der Waals surface area contributed by atoms with E-state index < -0.39 is 0 Å². The van der Waals surface area contributed by atoms with Gasteiger partial charge in [-0.3, -0.25) is 0 Å². The molecule has 0 heterocycles. The standard InChI is InChI=1S/C10H16N2O2/c1-14-8-3-2-7(6-13)9(4-8)10(12)5-11/h2-4,10,13H,5-6,11-12H2,1H3/t10-/m1/s1. The molecule has 4 heteroatoms. The van der Waals surface area contributed by atoms with Crippen molar-refractivity contribution in [3.63, 3.8) is 0 Å². The van der Waals surface area contributed by atoms with Crippen molar-refractivity contribution in [3.05, 3.63) is 29.3 Å². The van der Waals surface area contributed by atoms with Crippen molar-refractivity contribution in [1.82, 2.24) is 0 Å². The molecule has 0 aliphatic rings. The number of aliphatic hydroxyl groups is 1. The van der Waals surface area contributed by atoms with Crippen LogP contribution in [0.1, 0.15) is 17.2 Å². The summed E-state index contributed by atoms with van der Waals surface area (Å²) in [5.41, 5.74) is 12.9. The van der Waals surface area contributed by atoms with Gasteiger partial charge in [0.15, 0.2) is 0 Å². The second-order valence-corrected chi connectivity index (χ2v) is 3.07. The molecule has 0 spiro atoms. The lowest BCUT2D eigenvalue weighted by molar-refractivity contribution is 0.279. The van der Waals surface area contributed by atoms with Crippen molar-refractivity contribution in [2.75, 3.05) is 13.7 Å². The summed E-state index contributed by atoms with van der Waals surface area (Å²) >= 11 is 0. The molecule has 4 nitrogen and oxygen atoms in total. The molecule has 0 fully saturated rings. The Morgan fingerprint density at radius 2 is 2.21 bits per heavy atom. The van der Waals surface area contributed by atoms with Gasteiger partial charge in [0.1, 0.15) is 5.75 Å². The smallest absolute Gasteiger partial charge is 0.119 e. The molecular formula is C10H16N2O2. The van der Waals surface area contributed by atoms with Gasteiger partial charge in [-0.05, 0) is 23.3 Å². The second-order valence-electron chi connectivity index (χ2n) is 3.07. The van der Waals surface area contributed by atoms with Crippen LogP contribution >= 0.6 is 0 Å². The molecule has 0 unspecified atom stereocenters. The predicted octanol–water partition coefficient (Wildman–Crippen LogP) is 0.146. The first-order valence-electron chi connectivity index (χ1n) is 4.46. The summed E-state index contributed by atoms with van der Waals surface area (Å²) in [6, 6.07) is 5.14. The molecule has 1 aromatic carbocycles. The first kappa shape index (κ1) is 11.0. The van der Waals surface area contributed by atoms with Crippen molar-refractivity contribution < 1.29 is 9.84 Å². The Morgan fingerprint density at radius 3 is 2.71 bits per heavy atom. The van der Waals surface area contributed by atoms with E-state index in [0.717, 1.165) is 16.9 Å². The number of rotatable bonds is 4. The van der Waals surface area contributed by atoms with E-state index in [0.29, 0.717) is 6.54 Å². The summed E-state index contributed by atoms with van der Waals surface area (Å²) in [4.78, 5) is 0. The summed E-state index contributed by atoms with van der Waals surface area (Å²) in [6.45, 7) is 0.313. The zero-order valence-corrected chi connectivity index (χ0v) is 8.23. The van der Waals surface area contributed by atoms with Gasteiger partial charge in [0.25, 0.3) is 0 Å². The fourth-order valence-corrected chi connectivity index (χ4v) is 1.32. The minimum atomic E-state index is -0.257. The Morgan fingerprint density at radius 1 is 1.50 bits per heavy atom. The molecule has 14 heavy (non-hydrogen) atoms. The van der Waals surface area contributed by atoms with Gasteiger partial charge in [0.05, 0.1) is 13.7 Å². The first-order valence-corrected chi connectivity index (χ1v) is 4.46. The van der Waals surface area contributed by atoms with Crippen LogP contribution in [-0.4, -0.2) is 18.8 Å². The van der Waals surface area contributed by atoms with E-state index in [9.17, 15) is 0 Å². The summed E-state index contributed by atoms with van der Waals surface area (Å²) in [6.07, 6.45) is 0. The normalized spacial score (nSPS) is 12.6. The monoisotopic (exact) mass is 196 g/mol. The molecule has 0 bridgehead atoms. The van der Waals surface area contributed by atoms with Crippen LogP contribution in [0.15, 0.2) is 18.2 Å². The lowest BCUT2D eigenvalue weighted by Gasteiger charge is -2.14. The Kier molecular flexibility index (Phi) is 3.88. The number of benzene rings is 1. The number of aliphatic hydroxyl groups excluding tert-OH is 1. The van der Waals surface area contributed by atoms with E-state index in [1.165, 1.54) is 0 Å². The number of ether oxygens (including phenoxy) is 1. The fourth-order valence-electron chi connectivity index (χ4n) is 1.32. The molecule has 0 aromatic heterocycles. The maximum absolute atomic E-state index is 9.09. The molecule has 0 saturated heterocycles. The topological polar surface area (TPSA) is 81.5 Å². The quantitative estimate of drug-likeness (QED) is 0.640. The molecular weight excluding hydrogens is 180 g/mol. The largest absolute Gasteiger partial charge is 0.497 e. The third-order valence-corrected chi connectivity index (χ3v) is 2.18. The van der Waals surface area contributed by atoms with Gasteiger partial charge in [-0.25, -0.2) is 0 Å². The van der Waals surface area contributed by atoms with Gasteiger partial charge in [-0.15, -0.1) is 0 Å². The number of nitrogens with two attached hydrogens (primary N) is 2. The molecule has 1 aromatic rings. The van der Waals surface area contributed by atoms with Crippen LogP contribution in [0, 0.1) is 0 Å². The van der Waals surface area contributed by atoms with Crippen LogP contribution in [0.4, 0.5) is 0 Å². The molecule has 0 radical (unpaired) electrons. The van der Waals surface area contributed by atoms with Gasteiger partial charge in [-0.2, -0.15) is 0 Å². The molecule has 0 aliphatic carbocycles. The van der Waals surface area contributed by atoms with E-state index in [4.69, 9.17) is 21.3 Å². The minimum absolute atomic E-state index is 0.0347. The fraction of sp³-hybridized carbons (Fsp3) is 0.400. The minimum Gasteiger partial charge on any atom is -0.497 e. The van der Waals surface area contributed by atoms with Gasteiger partial charge in [0.2, 0.25) is 0 Å². The molecule has 0 saturated carbocycles. The Balaban J connectivity index is 3.08. The molecule has 78 valence electrons. The highest BCUT2D eigenvalue weighted by molar-refractivity contribution is 5.37. The maximum Gasteiger partial charge on any atom is 0.119 e. The van der Waals surface area contributed by atoms with Crippen molar-refractivity contribution in [2.24, 2.45) is 11.5 Å². The highest BCUT2D eigenvalue weighted by Gasteiger charge is 2.10. The van der Waals surface area contributed by atoms with E-state index in [2.05, 4.69) is 0 Å². The summed E-state index contributed by atoms with van der Waals surface area (Å²) in [7, 11) is 1.59. The predicted molar refractivity (Wildman–Crippen MR) is 54.9 cm³/mol. The zero-order chi connectivity index (χ0) is 10.6. The van der Waals surface area contributed by atoms with Gasteiger partial charge < -0.3 is 21.3 Å². The van der Waals surface area contributed by atoms with Crippen LogP contribution in [-0.2, 0) is 6.61 Å². The summed E-state index contributed by atoms with van der Waals surface area (Å²) < 4.78 is 5.07. The SMILES string of the molecule is COc1ccc(CO)c([C@H](N)CN)c1. The second kappa shape index (κ2) is 4.95. The number of hydrogen-bond acceptors (Lipinski definition) is 4. The summed E-state index contributed by atoms with van der Waals surface area (Å²) in [5.74, 6) is 0.723. The molecule has 1 rings (SSSR count). The van der Waals surface area contributed by atoms with Crippen molar-refractivity contribution in [1.29, 1.82) is 0 Å². The molecule has 1 atom stereocenters. The van der Waals surface area contributed by atoms with Gasteiger partial charge >= 0.3 is 0 Å². The van der Waals surface area contributed by atoms with E-state index >= 15 is 0 Å². The Hall–Kier alpha value is -1.10. The third-order valence-electron chi connectivity index (χ3n) is 2.18. The van der Waals surface area contributed by atoms with Crippen molar-refractivity contribution in [3.8, 4) is 5.75 Å². The van der Waals surface area contributed by atoms with Crippen molar-refractivity contribution in [2.45, 2.75) is 12.6 Å².